The Kier molecular flexibility index (Phi) is 4.87. The van der Waals surface area contributed by atoms with Crippen molar-refractivity contribution in [1.29, 1.82) is 0 Å². The first-order valence-corrected chi connectivity index (χ1v) is 8.20. The zero-order valence-corrected chi connectivity index (χ0v) is 13.2. The molecular formula is C16H24N4O2. The number of hydrogen-bond donors (Lipinski definition) is 1. The van der Waals surface area contributed by atoms with Gasteiger partial charge in [0.1, 0.15) is 0 Å². The van der Waals surface area contributed by atoms with Gasteiger partial charge in [0, 0.05) is 32.0 Å². The maximum Gasteiger partial charge on any atom is 0.227 e. The van der Waals surface area contributed by atoms with E-state index in [4.69, 9.17) is 4.52 Å². The summed E-state index contributed by atoms with van der Waals surface area (Å²) in [5.74, 6) is 1.32. The first-order valence-electron chi connectivity index (χ1n) is 8.20. The molecule has 6 heteroatoms. The minimum atomic E-state index is 0.0881. The van der Waals surface area contributed by atoms with Crippen LogP contribution in [0.5, 0.6) is 0 Å². The number of amides is 1. The molecule has 0 bridgehead atoms. The molecule has 1 amide bonds. The Morgan fingerprint density at radius 2 is 2.27 bits per heavy atom. The fourth-order valence-corrected chi connectivity index (χ4v) is 3.05. The van der Waals surface area contributed by atoms with Crippen molar-refractivity contribution in [1.82, 2.24) is 20.4 Å². The summed E-state index contributed by atoms with van der Waals surface area (Å²) >= 11 is 0. The van der Waals surface area contributed by atoms with Crippen LogP contribution in [0.2, 0.25) is 0 Å². The molecule has 0 unspecified atom stereocenters. The number of aryl methyl sites for hydroxylation is 1. The Hall–Kier alpha value is -1.69. The fraction of sp³-hybridized carbons (Fsp3) is 0.688. The average Bonchev–Trinajstić information content (AvgIpc) is 3.17. The summed E-state index contributed by atoms with van der Waals surface area (Å²) in [6.07, 6.45) is 8.68. The minimum absolute atomic E-state index is 0.0881. The molecule has 0 spiro atoms. The Labute approximate surface area is 130 Å². The van der Waals surface area contributed by atoms with Gasteiger partial charge in [-0.2, -0.15) is 4.98 Å². The lowest BCUT2D eigenvalue weighted by atomic mass is 10.1. The number of nitrogens with zero attached hydrogens (tertiary/aromatic N) is 3. The largest absolute Gasteiger partial charge is 0.353 e. The van der Waals surface area contributed by atoms with Gasteiger partial charge in [-0.25, -0.2) is 0 Å². The highest BCUT2D eigenvalue weighted by atomic mass is 16.5. The van der Waals surface area contributed by atoms with Crippen LogP contribution in [0.4, 0.5) is 0 Å². The summed E-state index contributed by atoms with van der Waals surface area (Å²) in [6, 6.07) is 0.370. The minimum Gasteiger partial charge on any atom is -0.353 e. The molecule has 1 saturated carbocycles. The number of nitrogens with one attached hydrogen (secondary N) is 1. The normalized spacial score (nSPS) is 20.1. The molecule has 0 aromatic carbocycles. The van der Waals surface area contributed by atoms with Crippen LogP contribution >= 0.6 is 0 Å². The van der Waals surface area contributed by atoms with Gasteiger partial charge in [0.15, 0.2) is 5.82 Å². The van der Waals surface area contributed by atoms with Gasteiger partial charge in [-0.15, -0.1) is 0 Å². The molecule has 1 fully saturated rings. The van der Waals surface area contributed by atoms with E-state index in [9.17, 15) is 4.79 Å². The highest BCUT2D eigenvalue weighted by molar-refractivity contribution is 5.76. The second-order valence-corrected chi connectivity index (χ2v) is 6.30. The van der Waals surface area contributed by atoms with Crippen LogP contribution in [0.3, 0.4) is 0 Å². The Bertz CT molecular complexity index is 546. The van der Waals surface area contributed by atoms with Gasteiger partial charge in [0.2, 0.25) is 11.8 Å². The molecule has 0 atom stereocenters. The summed E-state index contributed by atoms with van der Waals surface area (Å²) in [7, 11) is 2.10. The van der Waals surface area contributed by atoms with Crippen LogP contribution in [0.15, 0.2) is 10.6 Å². The van der Waals surface area contributed by atoms with Gasteiger partial charge in [-0.1, -0.05) is 24.1 Å². The summed E-state index contributed by atoms with van der Waals surface area (Å²) in [5.41, 5.74) is 1.14. The lowest BCUT2D eigenvalue weighted by Crippen LogP contribution is -2.32. The van der Waals surface area contributed by atoms with Gasteiger partial charge in [0.25, 0.3) is 0 Å². The first kappa shape index (κ1) is 15.2. The maximum atomic E-state index is 11.9. The van der Waals surface area contributed by atoms with E-state index in [1.165, 1.54) is 12.8 Å². The van der Waals surface area contributed by atoms with E-state index in [1.807, 2.05) is 0 Å². The lowest BCUT2D eigenvalue weighted by Gasteiger charge is -2.19. The van der Waals surface area contributed by atoms with Crippen molar-refractivity contribution >= 4 is 11.5 Å². The standard InChI is InChI=1S/C16H24N4O2/c1-20-10-8-12(9-11-20)16-18-15(22-19-16)7-6-14(21)17-13-4-2-3-5-13/h8,13H,2-7,9-11H2,1H3,(H,17,21). The van der Waals surface area contributed by atoms with Crippen LogP contribution in [-0.2, 0) is 11.2 Å². The van der Waals surface area contributed by atoms with Crippen molar-refractivity contribution in [3.63, 3.8) is 0 Å². The molecule has 0 radical (unpaired) electrons. The molecule has 22 heavy (non-hydrogen) atoms. The van der Waals surface area contributed by atoms with Gasteiger partial charge < -0.3 is 14.7 Å². The molecule has 0 saturated heterocycles. The van der Waals surface area contributed by atoms with Crippen molar-refractivity contribution in [3.8, 4) is 0 Å². The molecule has 1 aromatic heterocycles. The number of carbonyl (C=O) groups excluding carboxylic acids is 1. The monoisotopic (exact) mass is 304 g/mol. The number of hydrogen-bond acceptors (Lipinski definition) is 5. The van der Waals surface area contributed by atoms with Crippen molar-refractivity contribution in [2.24, 2.45) is 0 Å². The third-order valence-corrected chi connectivity index (χ3v) is 4.45. The van der Waals surface area contributed by atoms with Crippen LogP contribution in [0.25, 0.3) is 5.57 Å². The van der Waals surface area contributed by atoms with Crippen LogP contribution in [-0.4, -0.2) is 47.1 Å². The molecular weight excluding hydrogens is 280 g/mol. The van der Waals surface area contributed by atoms with E-state index in [0.717, 1.165) is 37.9 Å². The summed E-state index contributed by atoms with van der Waals surface area (Å²) < 4.78 is 5.27. The third-order valence-electron chi connectivity index (χ3n) is 4.45. The molecule has 1 aliphatic heterocycles. The molecule has 1 aliphatic carbocycles. The highest BCUT2D eigenvalue weighted by Gasteiger charge is 2.18. The zero-order chi connectivity index (χ0) is 15.4. The molecule has 120 valence electrons. The second-order valence-electron chi connectivity index (χ2n) is 6.30. The third kappa shape index (κ3) is 3.94. The summed E-state index contributed by atoms with van der Waals surface area (Å²) in [5, 5.41) is 7.12. The molecule has 1 aromatic rings. The predicted octanol–water partition coefficient (Wildman–Crippen LogP) is 1.78. The fourth-order valence-electron chi connectivity index (χ4n) is 3.05. The molecule has 1 N–H and O–H groups in total. The van der Waals surface area contributed by atoms with Gasteiger partial charge in [-0.3, -0.25) is 4.79 Å². The molecule has 3 rings (SSSR count). The molecule has 6 nitrogen and oxygen atoms in total. The van der Waals surface area contributed by atoms with E-state index in [2.05, 4.69) is 33.5 Å². The lowest BCUT2D eigenvalue weighted by molar-refractivity contribution is -0.121. The van der Waals surface area contributed by atoms with E-state index < -0.39 is 0 Å². The van der Waals surface area contributed by atoms with E-state index in [-0.39, 0.29) is 5.91 Å². The Morgan fingerprint density at radius 1 is 1.45 bits per heavy atom. The molecule has 2 heterocycles. The Morgan fingerprint density at radius 3 is 3.00 bits per heavy atom. The predicted molar refractivity (Wildman–Crippen MR) is 83.1 cm³/mol. The van der Waals surface area contributed by atoms with Crippen LogP contribution in [0.1, 0.15) is 50.2 Å². The van der Waals surface area contributed by atoms with Gasteiger partial charge >= 0.3 is 0 Å². The number of likely N-dealkylation sites (N-methyl/N-ethyl adjacent to an activating group) is 1. The second kappa shape index (κ2) is 7.05. The quantitative estimate of drug-likeness (QED) is 0.898. The number of carbonyl (C=O) groups is 1. The van der Waals surface area contributed by atoms with Gasteiger partial charge in [-0.05, 0) is 31.9 Å². The van der Waals surface area contributed by atoms with Crippen molar-refractivity contribution in [2.75, 3.05) is 20.1 Å². The van der Waals surface area contributed by atoms with Crippen LogP contribution < -0.4 is 5.32 Å². The van der Waals surface area contributed by atoms with Gasteiger partial charge in [0.05, 0.1) is 0 Å². The van der Waals surface area contributed by atoms with Crippen molar-refractivity contribution in [3.05, 3.63) is 17.8 Å². The maximum absolute atomic E-state index is 11.9. The Balaban J connectivity index is 1.48. The van der Waals surface area contributed by atoms with Crippen LogP contribution in [0, 0.1) is 0 Å². The highest BCUT2D eigenvalue weighted by Crippen LogP contribution is 2.20. The van der Waals surface area contributed by atoms with Crippen molar-refractivity contribution < 1.29 is 9.32 Å². The topological polar surface area (TPSA) is 71.3 Å². The smallest absolute Gasteiger partial charge is 0.227 e. The molecule has 2 aliphatic rings. The van der Waals surface area contributed by atoms with E-state index in [1.54, 1.807) is 0 Å². The number of aromatic nitrogens is 2. The van der Waals surface area contributed by atoms with E-state index in [0.29, 0.717) is 30.6 Å². The SMILES string of the molecule is CN1CC=C(c2noc(CCC(=O)NC3CCCC3)n2)CC1. The summed E-state index contributed by atoms with van der Waals surface area (Å²) in [4.78, 5) is 18.6. The average molecular weight is 304 g/mol. The van der Waals surface area contributed by atoms with Crippen molar-refractivity contribution in [2.45, 2.75) is 51.0 Å². The number of rotatable bonds is 5. The van der Waals surface area contributed by atoms with E-state index >= 15 is 0 Å². The summed E-state index contributed by atoms with van der Waals surface area (Å²) in [6.45, 7) is 1.93. The first-order chi connectivity index (χ1) is 10.7. The zero-order valence-electron chi connectivity index (χ0n) is 13.2.